The predicted molar refractivity (Wildman–Crippen MR) is 127 cm³/mol. The molecule has 2 saturated carbocycles. The minimum Gasteiger partial charge on any atom is -0.406 e. The Labute approximate surface area is 209 Å². The number of hydrogen-bond acceptors (Lipinski definition) is 4. The molecule has 1 heterocycles. The van der Waals surface area contributed by atoms with Gasteiger partial charge < -0.3 is 21.1 Å². The fraction of sp³-hybridized carbons (Fsp3) is 0.630. The van der Waals surface area contributed by atoms with Gasteiger partial charge in [-0.3, -0.25) is 9.59 Å². The summed E-state index contributed by atoms with van der Waals surface area (Å²) in [4.78, 5) is 29.3. The van der Waals surface area contributed by atoms with Crippen molar-refractivity contribution in [1.29, 1.82) is 0 Å². The molecule has 196 valence electrons. The Morgan fingerprint density at radius 1 is 0.944 bits per heavy atom. The van der Waals surface area contributed by atoms with Gasteiger partial charge in [-0.15, -0.1) is 13.2 Å². The second-order valence-corrected chi connectivity index (χ2v) is 11.1. The minimum absolute atomic E-state index is 0.150. The number of nitrogens with two attached hydrogens (primary N) is 2. The quantitative estimate of drug-likeness (QED) is 0.372. The van der Waals surface area contributed by atoms with Crippen molar-refractivity contribution in [2.75, 3.05) is 19.6 Å². The van der Waals surface area contributed by atoms with E-state index in [1.54, 1.807) is 0 Å². The largest absolute Gasteiger partial charge is 0.573 e. The number of benzene rings is 1. The molecule has 0 radical (unpaired) electrons. The third kappa shape index (κ3) is 3.81. The topological polar surface area (TPSA) is 98.7 Å². The van der Waals surface area contributed by atoms with E-state index in [0.717, 1.165) is 45.3 Å². The molecular formula is C27H34F3N3O3. The fourth-order valence-corrected chi connectivity index (χ4v) is 7.91. The van der Waals surface area contributed by atoms with E-state index in [-0.39, 0.29) is 29.4 Å². The Hall–Kier alpha value is -2.55. The molecule has 36 heavy (non-hydrogen) atoms. The third-order valence-corrected chi connectivity index (χ3v) is 9.43. The van der Waals surface area contributed by atoms with Crippen LogP contribution in [0.5, 0.6) is 5.75 Å². The normalized spacial score (nSPS) is 32.3. The first-order valence-electron chi connectivity index (χ1n) is 12.9. The molecule has 6 nitrogen and oxygen atoms in total. The summed E-state index contributed by atoms with van der Waals surface area (Å²) in [6, 6.07) is 5.49. The van der Waals surface area contributed by atoms with E-state index in [0.29, 0.717) is 12.0 Å². The van der Waals surface area contributed by atoms with Crippen molar-refractivity contribution >= 4 is 11.8 Å². The maximum absolute atomic E-state index is 13.4. The molecule has 1 aromatic rings. The standard InChI is InChI=1S/C27H34F3N3O3/c28-27(29,30)36-19-7-5-18(6-8-19)17-26(23(32)35)21-10-9-20(24(21)12-13-24)25(26,22(31)34)11-1-2-14-33-15-3-4-16-33/h5-10,20-21H,1-4,11-17H2,(H2,31,34)(H2,32,35)/t20-,21+,25+,26+/m1/s1. The van der Waals surface area contributed by atoms with Gasteiger partial charge in [-0.05, 0) is 99.5 Å². The first kappa shape index (κ1) is 25.1. The number of ether oxygens (including phenoxy) is 1. The molecule has 4 N–H and O–H groups in total. The lowest BCUT2D eigenvalue weighted by Gasteiger charge is -2.48. The number of rotatable bonds is 10. The van der Waals surface area contributed by atoms with E-state index in [1.165, 1.54) is 37.1 Å². The van der Waals surface area contributed by atoms with Gasteiger partial charge in [0, 0.05) is 0 Å². The summed E-state index contributed by atoms with van der Waals surface area (Å²) in [5.41, 5.74) is 10.5. The van der Waals surface area contributed by atoms with Gasteiger partial charge in [0.05, 0.1) is 10.8 Å². The summed E-state index contributed by atoms with van der Waals surface area (Å²) in [6.45, 7) is 3.14. The molecule has 2 bridgehead atoms. The molecule has 9 heteroatoms. The van der Waals surface area contributed by atoms with Crippen molar-refractivity contribution in [3.63, 3.8) is 0 Å². The monoisotopic (exact) mass is 505 g/mol. The van der Waals surface area contributed by atoms with Crippen LogP contribution in [-0.4, -0.2) is 42.7 Å². The number of carbonyl (C=O) groups is 2. The molecule has 3 aliphatic carbocycles. The van der Waals surface area contributed by atoms with E-state index >= 15 is 0 Å². The van der Waals surface area contributed by atoms with Crippen LogP contribution < -0.4 is 16.2 Å². The van der Waals surface area contributed by atoms with Gasteiger partial charge in [0.2, 0.25) is 11.8 Å². The van der Waals surface area contributed by atoms with E-state index in [2.05, 4.69) is 15.7 Å². The highest BCUT2D eigenvalue weighted by Gasteiger charge is 2.81. The lowest BCUT2D eigenvalue weighted by molar-refractivity contribution is -0.274. The number of likely N-dealkylation sites (tertiary alicyclic amines) is 1. The van der Waals surface area contributed by atoms with Crippen LogP contribution in [0, 0.1) is 28.1 Å². The summed E-state index contributed by atoms with van der Waals surface area (Å²) in [5, 5.41) is 0. The molecule has 1 aliphatic heterocycles. The molecule has 1 spiro atoms. The summed E-state index contributed by atoms with van der Waals surface area (Å²) in [6.07, 6.45) is 5.83. The maximum Gasteiger partial charge on any atom is 0.573 e. The number of halogens is 3. The van der Waals surface area contributed by atoms with E-state index in [9.17, 15) is 22.8 Å². The van der Waals surface area contributed by atoms with Gasteiger partial charge in [0.15, 0.2) is 0 Å². The lowest BCUT2D eigenvalue weighted by atomic mass is 9.53. The van der Waals surface area contributed by atoms with Crippen LogP contribution in [0.15, 0.2) is 36.4 Å². The predicted octanol–water partition coefficient (Wildman–Crippen LogP) is 3.93. The van der Waals surface area contributed by atoms with Gasteiger partial charge in [-0.2, -0.15) is 0 Å². The number of primary amides is 2. The Bertz CT molecular complexity index is 1050. The number of alkyl halides is 3. The van der Waals surface area contributed by atoms with Crippen molar-refractivity contribution in [1.82, 2.24) is 4.90 Å². The Kier molecular flexibility index (Phi) is 6.13. The molecule has 3 fully saturated rings. The highest BCUT2D eigenvalue weighted by atomic mass is 19.4. The first-order valence-corrected chi connectivity index (χ1v) is 12.9. The molecule has 1 aromatic carbocycles. The lowest BCUT2D eigenvalue weighted by Crippen LogP contribution is -2.60. The number of carbonyl (C=O) groups excluding carboxylic acids is 2. The Morgan fingerprint density at radius 2 is 1.53 bits per heavy atom. The molecule has 1 saturated heterocycles. The molecule has 4 aliphatic rings. The average molecular weight is 506 g/mol. The van der Waals surface area contributed by atoms with Crippen LogP contribution in [0.3, 0.4) is 0 Å². The number of unbranched alkanes of at least 4 members (excludes halogenated alkanes) is 1. The zero-order valence-electron chi connectivity index (χ0n) is 20.4. The Balaban J connectivity index is 1.46. The van der Waals surface area contributed by atoms with Crippen molar-refractivity contribution in [2.45, 2.75) is 57.7 Å². The molecule has 5 rings (SSSR count). The zero-order valence-corrected chi connectivity index (χ0v) is 20.4. The van der Waals surface area contributed by atoms with Crippen LogP contribution in [0.2, 0.25) is 0 Å². The van der Waals surface area contributed by atoms with Gasteiger partial charge in [0.1, 0.15) is 5.75 Å². The van der Waals surface area contributed by atoms with Crippen LogP contribution in [0.1, 0.15) is 50.5 Å². The molecule has 2 amide bonds. The zero-order chi connectivity index (χ0) is 25.8. The van der Waals surface area contributed by atoms with Crippen LogP contribution >= 0.6 is 0 Å². The summed E-state index contributed by atoms with van der Waals surface area (Å²) < 4.78 is 41.9. The van der Waals surface area contributed by atoms with Gasteiger partial charge >= 0.3 is 6.36 Å². The minimum atomic E-state index is -4.79. The first-order chi connectivity index (χ1) is 17.0. The average Bonchev–Trinajstić information content (AvgIpc) is 3.17. The smallest absolute Gasteiger partial charge is 0.406 e. The highest BCUT2D eigenvalue weighted by Crippen LogP contribution is 2.81. The van der Waals surface area contributed by atoms with Crippen molar-refractivity contribution in [2.24, 2.45) is 39.5 Å². The van der Waals surface area contributed by atoms with Crippen LogP contribution in [0.4, 0.5) is 13.2 Å². The second-order valence-electron chi connectivity index (χ2n) is 11.1. The number of hydrogen-bond donors (Lipinski definition) is 2. The van der Waals surface area contributed by atoms with Crippen molar-refractivity contribution < 1.29 is 27.5 Å². The van der Waals surface area contributed by atoms with E-state index < -0.39 is 29.0 Å². The molecule has 0 aromatic heterocycles. The van der Waals surface area contributed by atoms with Crippen molar-refractivity contribution in [3.05, 3.63) is 42.0 Å². The van der Waals surface area contributed by atoms with E-state index in [4.69, 9.17) is 11.5 Å². The fourth-order valence-electron chi connectivity index (χ4n) is 7.91. The Morgan fingerprint density at radius 3 is 2.06 bits per heavy atom. The number of amides is 2. The highest BCUT2D eigenvalue weighted by molar-refractivity contribution is 5.95. The second kappa shape index (κ2) is 8.78. The van der Waals surface area contributed by atoms with Gasteiger partial charge in [0.25, 0.3) is 0 Å². The van der Waals surface area contributed by atoms with Gasteiger partial charge in [-0.1, -0.05) is 30.7 Å². The van der Waals surface area contributed by atoms with E-state index in [1.807, 2.05) is 6.08 Å². The van der Waals surface area contributed by atoms with Gasteiger partial charge in [-0.25, -0.2) is 0 Å². The maximum atomic E-state index is 13.4. The van der Waals surface area contributed by atoms with Crippen LogP contribution in [0.25, 0.3) is 0 Å². The summed E-state index contributed by atoms with van der Waals surface area (Å²) >= 11 is 0. The van der Waals surface area contributed by atoms with Crippen molar-refractivity contribution in [3.8, 4) is 5.75 Å². The SMILES string of the molecule is NC(=O)[C@]1(CCCCN2CCCC2)[C@@H]2C=C[C@@H](C23CC3)[C@@]1(Cc1ccc(OC(F)(F)F)cc1)C(N)=O. The third-order valence-electron chi connectivity index (χ3n) is 9.43. The van der Waals surface area contributed by atoms with Crippen LogP contribution in [-0.2, 0) is 16.0 Å². The number of nitrogens with zero attached hydrogens (tertiary/aromatic N) is 1. The summed E-state index contributed by atoms with van der Waals surface area (Å²) in [7, 11) is 0. The number of allylic oxidation sites excluding steroid dienone is 2. The summed E-state index contributed by atoms with van der Waals surface area (Å²) in [5.74, 6) is -1.76. The molecule has 4 atom stereocenters. The molecule has 0 unspecified atom stereocenters. The molecular weight excluding hydrogens is 471 g/mol.